The molecule has 0 atom stereocenters. The van der Waals surface area contributed by atoms with Gasteiger partial charge in [0.25, 0.3) is 5.56 Å². The smallest absolute Gasteiger partial charge is 0.326 e. The lowest BCUT2D eigenvalue weighted by Crippen LogP contribution is -2.29. The molecule has 0 fully saturated rings. The number of hydrogen-bond acceptors (Lipinski definition) is 5. The highest BCUT2D eigenvalue weighted by atomic mass is 32.2. The largest absolute Gasteiger partial charge is 0.328 e. The summed E-state index contributed by atoms with van der Waals surface area (Å²) >= 11 is 1.74. The van der Waals surface area contributed by atoms with Crippen LogP contribution in [0.2, 0.25) is 0 Å². The first-order valence-corrected chi connectivity index (χ1v) is 9.47. The molecule has 0 spiro atoms. The topological polar surface area (TPSA) is 102 Å². The molecule has 2 N–H and O–H groups in total. The molecule has 1 aromatic carbocycles. The molecule has 8 nitrogen and oxygen atoms in total. The number of aromatic amines is 1. The molecule has 0 unspecified atom stereocenters. The molecule has 0 aliphatic carbocycles. The van der Waals surface area contributed by atoms with E-state index < -0.39 is 11.2 Å². The summed E-state index contributed by atoms with van der Waals surface area (Å²) in [5, 5.41) is 3.86. The number of anilines is 1. The number of thioether (sulfide) groups is 1. The van der Waals surface area contributed by atoms with Crippen LogP contribution in [0.25, 0.3) is 11.3 Å². The minimum Gasteiger partial charge on any atom is -0.326 e. The molecule has 3 aromatic rings. The first-order chi connectivity index (χ1) is 13.1. The van der Waals surface area contributed by atoms with Crippen LogP contribution >= 0.6 is 11.8 Å². The number of carbonyl (C=O) groups excluding carboxylic acids is 1. The number of nitrogens with zero attached hydrogens (tertiary/aromatic N) is 3. The van der Waals surface area contributed by atoms with Crippen molar-refractivity contribution in [1.82, 2.24) is 19.1 Å². The van der Waals surface area contributed by atoms with Crippen molar-refractivity contribution in [2.24, 2.45) is 0 Å². The molecule has 0 radical (unpaired) electrons. The first kappa shape index (κ1) is 17.3. The van der Waals surface area contributed by atoms with Gasteiger partial charge in [0.05, 0.1) is 5.69 Å². The summed E-state index contributed by atoms with van der Waals surface area (Å²) in [6.07, 6.45) is 3.52. The van der Waals surface area contributed by atoms with Crippen molar-refractivity contribution < 1.29 is 4.79 Å². The number of aromatic nitrogens is 4. The number of H-pyrrole nitrogens is 1. The fraction of sp³-hybridized carbons (Fsp3) is 0.222. The summed E-state index contributed by atoms with van der Waals surface area (Å²) < 4.78 is 3.43. The van der Waals surface area contributed by atoms with Gasteiger partial charge in [0.2, 0.25) is 5.91 Å². The third-order valence-electron chi connectivity index (χ3n) is 4.22. The van der Waals surface area contributed by atoms with E-state index in [1.807, 2.05) is 30.5 Å². The number of nitrogens with one attached hydrogen (secondary N) is 2. The molecule has 1 aliphatic rings. The van der Waals surface area contributed by atoms with Crippen LogP contribution in [0.1, 0.15) is 6.42 Å². The van der Waals surface area contributed by atoms with Crippen molar-refractivity contribution in [3.8, 4) is 11.3 Å². The number of hydrogen-bond donors (Lipinski definition) is 2. The van der Waals surface area contributed by atoms with Crippen molar-refractivity contribution in [2.75, 3.05) is 11.1 Å². The van der Waals surface area contributed by atoms with Crippen molar-refractivity contribution in [3.05, 3.63) is 63.6 Å². The van der Waals surface area contributed by atoms with Gasteiger partial charge >= 0.3 is 5.69 Å². The number of fused-ring (bicyclic) bond motifs is 1. The van der Waals surface area contributed by atoms with E-state index in [1.54, 1.807) is 11.8 Å². The fourth-order valence-electron chi connectivity index (χ4n) is 2.87. The summed E-state index contributed by atoms with van der Waals surface area (Å²) in [7, 11) is 0. The quantitative estimate of drug-likeness (QED) is 0.696. The zero-order valence-electron chi connectivity index (χ0n) is 14.3. The maximum absolute atomic E-state index is 12.2. The Kier molecular flexibility index (Phi) is 4.68. The fourth-order valence-corrected chi connectivity index (χ4v) is 3.81. The van der Waals surface area contributed by atoms with Crippen LogP contribution in [-0.2, 0) is 17.9 Å². The maximum Gasteiger partial charge on any atom is 0.328 e. The maximum atomic E-state index is 12.2. The average Bonchev–Trinajstić information content (AvgIpc) is 3.23. The second-order valence-electron chi connectivity index (χ2n) is 6.13. The van der Waals surface area contributed by atoms with Gasteiger partial charge in [0.1, 0.15) is 0 Å². The average molecular weight is 383 g/mol. The van der Waals surface area contributed by atoms with Crippen LogP contribution in [0, 0.1) is 0 Å². The number of aryl methyl sites for hydroxylation is 2. The van der Waals surface area contributed by atoms with Gasteiger partial charge in [-0.1, -0.05) is 23.9 Å². The number of imidazole rings is 1. The number of rotatable bonds is 5. The summed E-state index contributed by atoms with van der Waals surface area (Å²) in [6.45, 7) is 1.15. The SMILES string of the molecule is O=C(CCn1ccc(=O)[nH]c1=O)Nc1cccc(-c2cn3c(n2)SCC3)c1. The Morgan fingerprint density at radius 3 is 3.00 bits per heavy atom. The van der Waals surface area contributed by atoms with Gasteiger partial charge in [0.15, 0.2) is 5.16 Å². The third kappa shape index (κ3) is 3.87. The Morgan fingerprint density at radius 2 is 2.19 bits per heavy atom. The Morgan fingerprint density at radius 1 is 1.30 bits per heavy atom. The molecule has 1 aliphatic heterocycles. The third-order valence-corrected chi connectivity index (χ3v) is 5.19. The molecule has 0 saturated heterocycles. The highest BCUT2D eigenvalue weighted by Gasteiger charge is 2.15. The van der Waals surface area contributed by atoms with Crippen molar-refractivity contribution in [2.45, 2.75) is 24.7 Å². The van der Waals surface area contributed by atoms with Gasteiger partial charge in [-0.15, -0.1) is 0 Å². The lowest BCUT2D eigenvalue weighted by molar-refractivity contribution is -0.116. The van der Waals surface area contributed by atoms with Gasteiger partial charge in [-0.3, -0.25) is 14.6 Å². The van der Waals surface area contributed by atoms with E-state index >= 15 is 0 Å². The second-order valence-corrected chi connectivity index (χ2v) is 7.20. The Labute approximate surface area is 158 Å². The molecule has 9 heteroatoms. The molecular weight excluding hydrogens is 366 g/mol. The number of benzene rings is 1. The van der Waals surface area contributed by atoms with Gasteiger partial charge < -0.3 is 14.5 Å². The summed E-state index contributed by atoms with van der Waals surface area (Å²) in [5.41, 5.74) is 1.51. The normalized spacial score (nSPS) is 12.7. The van der Waals surface area contributed by atoms with Gasteiger partial charge in [0, 0.05) is 55.0 Å². The lowest BCUT2D eigenvalue weighted by atomic mass is 10.1. The van der Waals surface area contributed by atoms with Gasteiger partial charge in [-0.2, -0.15) is 0 Å². The number of amides is 1. The molecular formula is C18H17N5O3S. The molecule has 4 rings (SSSR count). The molecule has 2 aromatic heterocycles. The minimum atomic E-state index is -0.525. The highest BCUT2D eigenvalue weighted by molar-refractivity contribution is 7.99. The lowest BCUT2D eigenvalue weighted by Gasteiger charge is -2.08. The highest BCUT2D eigenvalue weighted by Crippen LogP contribution is 2.29. The molecule has 3 heterocycles. The van der Waals surface area contributed by atoms with E-state index in [-0.39, 0.29) is 18.9 Å². The van der Waals surface area contributed by atoms with E-state index in [2.05, 4.69) is 19.9 Å². The molecule has 1 amide bonds. The van der Waals surface area contributed by atoms with Crippen LogP contribution in [0.15, 0.2) is 57.5 Å². The van der Waals surface area contributed by atoms with Crippen molar-refractivity contribution >= 4 is 23.4 Å². The summed E-state index contributed by atoms with van der Waals surface area (Å²) in [4.78, 5) is 41.7. The van der Waals surface area contributed by atoms with E-state index in [4.69, 9.17) is 0 Å². The Balaban J connectivity index is 1.42. The predicted octanol–water partition coefficient (Wildman–Crippen LogP) is 1.53. The van der Waals surface area contributed by atoms with Crippen molar-refractivity contribution in [3.63, 3.8) is 0 Å². The Bertz CT molecular complexity index is 1090. The Hall–Kier alpha value is -3.07. The second kappa shape index (κ2) is 7.28. The van der Waals surface area contributed by atoms with Crippen LogP contribution in [0.5, 0.6) is 0 Å². The molecule has 0 bridgehead atoms. The standard InChI is InChI=1S/C18H17N5O3S/c24-15(4-6-22-7-5-16(25)21-17(22)26)19-13-3-1-2-12(10-13)14-11-23-8-9-27-18(23)20-14/h1-3,5,7,10-11H,4,6,8-9H2,(H,19,24)(H,21,25,26). The van der Waals surface area contributed by atoms with E-state index in [0.717, 1.165) is 28.7 Å². The molecule has 138 valence electrons. The minimum absolute atomic E-state index is 0.117. The zero-order valence-corrected chi connectivity index (χ0v) is 15.2. The zero-order chi connectivity index (χ0) is 18.8. The van der Waals surface area contributed by atoms with E-state index in [1.165, 1.54) is 16.8 Å². The van der Waals surface area contributed by atoms with E-state index in [0.29, 0.717) is 5.69 Å². The molecule has 0 saturated carbocycles. The molecule has 27 heavy (non-hydrogen) atoms. The van der Waals surface area contributed by atoms with Crippen molar-refractivity contribution in [1.29, 1.82) is 0 Å². The van der Waals surface area contributed by atoms with E-state index in [9.17, 15) is 14.4 Å². The van der Waals surface area contributed by atoms with Gasteiger partial charge in [-0.05, 0) is 12.1 Å². The summed E-state index contributed by atoms with van der Waals surface area (Å²) in [5.74, 6) is 0.838. The van der Waals surface area contributed by atoms with Crippen LogP contribution in [-0.4, -0.2) is 30.8 Å². The van der Waals surface area contributed by atoms with Gasteiger partial charge in [-0.25, -0.2) is 9.78 Å². The predicted molar refractivity (Wildman–Crippen MR) is 103 cm³/mol. The number of carbonyl (C=O) groups is 1. The van der Waals surface area contributed by atoms with Crippen LogP contribution in [0.4, 0.5) is 5.69 Å². The monoisotopic (exact) mass is 383 g/mol. The first-order valence-electron chi connectivity index (χ1n) is 8.48. The summed E-state index contributed by atoms with van der Waals surface area (Å²) in [6, 6.07) is 8.77. The van der Waals surface area contributed by atoms with Crippen LogP contribution < -0.4 is 16.6 Å². The van der Waals surface area contributed by atoms with Crippen LogP contribution in [0.3, 0.4) is 0 Å².